The van der Waals surface area contributed by atoms with Crippen LogP contribution in [0.3, 0.4) is 0 Å². The second kappa shape index (κ2) is 6.68. The van der Waals surface area contributed by atoms with Gasteiger partial charge in [-0.2, -0.15) is 0 Å². The van der Waals surface area contributed by atoms with Crippen molar-refractivity contribution in [1.82, 2.24) is 4.98 Å². The first-order valence-electron chi connectivity index (χ1n) is 5.83. The van der Waals surface area contributed by atoms with Gasteiger partial charge in [-0.15, -0.1) is 11.8 Å². The Kier molecular flexibility index (Phi) is 4.93. The lowest BCUT2D eigenvalue weighted by Crippen LogP contribution is -1.96. The van der Waals surface area contributed by atoms with Crippen LogP contribution in [-0.2, 0) is 5.75 Å². The van der Waals surface area contributed by atoms with Crippen LogP contribution in [0.2, 0.25) is 5.02 Å². The zero-order chi connectivity index (χ0) is 13.7. The Hall–Kier alpha value is -1.39. The first-order valence-corrected chi connectivity index (χ1v) is 7.20. The molecule has 5 heteroatoms. The lowest BCUT2D eigenvalue weighted by atomic mass is 10.3. The van der Waals surface area contributed by atoms with Gasteiger partial charge in [0.25, 0.3) is 0 Å². The molecule has 2 aromatic rings. The number of halogens is 1. The zero-order valence-electron chi connectivity index (χ0n) is 10.8. The number of pyridine rings is 1. The van der Waals surface area contributed by atoms with E-state index in [1.54, 1.807) is 18.9 Å². The van der Waals surface area contributed by atoms with E-state index in [0.717, 1.165) is 22.2 Å². The third-order valence-electron chi connectivity index (χ3n) is 2.61. The highest BCUT2D eigenvalue weighted by Crippen LogP contribution is 2.32. The van der Waals surface area contributed by atoms with E-state index in [9.17, 15) is 0 Å². The number of nitrogens with zero attached hydrogens (tertiary/aromatic N) is 1. The average molecular weight is 295 g/mol. The van der Waals surface area contributed by atoms with Crippen LogP contribution in [0.25, 0.3) is 0 Å². The number of benzene rings is 1. The van der Waals surface area contributed by atoms with Crippen molar-refractivity contribution in [2.45, 2.75) is 10.6 Å². The van der Waals surface area contributed by atoms with Crippen molar-refractivity contribution in [1.29, 1.82) is 0 Å². The minimum absolute atomic E-state index is 0.682. The van der Waals surface area contributed by atoms with Gasteiger partial charge in [0.2, 0.25) is 0 Å². The van der Waals surface area contributed by atoms with Crippen LogP contribution in [0.1, 0.15) is 5.69 Å². The molecule has 0 aliphatic rings. The van der Waals surface area contributed by atoms with Crippen LogP contribution >= 0.6 is 23.4 Å². The molecule has 0 radical (unpaired) electrons. The second-order valence-corrected chi connectivity index (χ2v) is 5.24. The van der Waals surface area contributed by atoms with Gasteiger partial charge in [-0.25, -0.2) is 4.98 Å². The topological polar surface area (TPSA) is 34.1 Å². The monoisotopic (exact) mass is 294 g/mol. The highest BCUT2D eigenvalue weighted by molar-refractivity contribution is 7.98. The van der Waals surface area contributed by atoms with Crippen LogP contribution in [0.5, 0.6) is 5.75 Å². The van der Waals surface area contributed by atoms with Crippen molar-refractivity contribution in [3.05, 3.63) is 47.1 Å². The van der Waals surface area contributed by atoms with Crippen molar-refractivity contribution >= 4 is 29.2 Å². The van der Waals surface area contributed by atoms with Gasteiger partial charge in [0.05, 0.1) is 17.8 Å². The van der Waals surface area contributed by atoms with E-state index < -0.39 is 0 Å². The summed E-state index contributed by atoms with van der Waals surface area (Å²) in [4.78, 5) is 5.54. The van der Waals surface area contributed by atoms with Gasteiger partial charge in [-0.05, 0) is 24.3 Å². The smallest absolute Gasteiger partial charge is 0.132 e. The molecule has 0 aliphatic carbocycles. The summed E-state index contributed by atoms with van der Waals surface area (Å²) in [5.74, 6) is 2.39. The van der Waals surface area contributed by atoms with E-state index in [-0.39, 0.29) is 0 Å². The maximum atomic E-state index is 6.16. The summed E-state index contributed by atoms with van der Waals surface area (Å²) >= 11 is 7.82. The van der Waals surface area contributed by atoms with E-state index >= 15 is 0 Å². The molecule has 100 valence electrons. The summed E-state index contributed by atoms with van der Waals surface area (Å²) in [6, 6.07) is 11.6. The molecule has 2 rings (SSSR count). The van der Waals surface area contributed by atoms with Gasteiger partial charge in [0.15, 0.2) is 0 Å². The molecule has 0 saturated heterocycles. The predicted molar refractivity (Wildman–Crippen MR) is 81.3 cm³/mol. The largest absolute Gasteiger partial charge is 0.496 e. The van der Waals surface area contributed by atoms with Crippen LogP contribution in [0.15, 0.2) is 41.3 Å². The van der Waals surface area contributed by atoms with Gasteiger partial charge in [0.1, 0.15) is 11.6 Å². The van der Waals surface area contributed by atoms with Crippen LogP contribution < -0.4 is 10.1 Å². The second-order valence-electron chi connectivity index (χ2n) is 3.81. The Morgan fingerprint density at radius 3 is 2.79 bits per heavy atom. The third-order valence-corrected chi connectivity index (χ3v) is 4.02. The van der Waals surface area contributed by atoms with E-state index in [2.05, 4.69) is 10.3 Å². The molecule has 19 heavy (non-hydrogen) atoms. The number of anilines is 1. The van der Waals surface area contributed by atoms with Gasteiger partial charge in [-0.3, -0.25) is 0 Å². The standard InChI is InChI=1S/C14H15ClN2OS/c1-16-14-8-7-10(15)11(17-14)9-19-13-6-4-3-5-12(13)18-2/h3-8H,9H2,1-2H3,(H,16,17). The molecular weight excluding hydrogens is 280 g/mol. The van der Waals surface area contributed by atoms with Crippen molar-refractivity contribution in [3.8, 4) is 5.75 Å². The molecule has 0 atom stereocenters. The SMILES string of the molecule is CNc1ccc(Cl)c(CSc2ccccc2OC)n1. The number of hydrogen-bond donors (Lipinski definition) is 1. The Morgan fingerprint density at radius 2 is 2.05 bits per heavy atom. The number of aromatic nitrogens is 1. The van der Waals surface area contributed by atoms with Crippen LogP contribution in [0.4, 0.5) is 5.82 Å². The summed E-state index contributed by atoms with van der Waals surface area (Å²) in [5.41, 5.74) is 0.865. The maximum Gasteiger partial charge on any atom is 0.132 e. The van der Waals surface area contributed by atoms with E-state index in [1.807, 2.05) is 43.4 Å². The normalized spacial score (nSPS) is 10.3. The Morgan fingerprint density at radius 1 is 1.26 bits per heavy atom. The quantitative estimate of drug-likeness (QED) is 0.843. The summed E-state index contributed by atoms with van der Waals surface area (Å²) < 4.78 is 5.32. The maximum absolute atomic E-state index is 6.16. The van der Waals surface area contributed by atoms with Gasteiger partial charge in [-0.1, -0.05) is 23.7 Å². The third kappa shape index (κ3) is 3.55. The fourth-order valence-corrected chi connectivity index (χ4v) is 2.84. The first-order chi connectivity index (χ1) is 9.24. The first kappa shape index (κ1) is 14.0. The highest BCUT2D eigenvalue weighted by Gasteiger charge is 2.07. The van der Waals surface area contributed by atoms with Crippen molar-refractivity contribution < 1.29 is 4.74 Å². The minimum Gasteiger partial charge on any atom is -0.496 e. The number of methoxy groups -OCH3 is 1. The molecule has 1 aromatic carbocycles. The van der Waals surface area contributed by atoms with Gasteiger partial charge in [0, 0.05) is 17.7 Å². The average Bonchev–Trinajstić information content (AvgIpc) is 2.46. The molecule has 0 aliphatic heterocycles. The van der Waals surface area contributed by atoms with Crippen molar-refractivity contribution in [3.63, 3.8) is 0 Å². The molecule has 0 fully saturated rings. The van der Waals surface area contributed by atoms with Crippen molar-refractivity contribution in [2.75, 3.05) is 19.5 Å². The molecule has 0 saturated carbocycles. The summed E-state index contributed by atoms with van der Waals surface area (Å²) in [5, 5.41) is 3.69. The lowest BCUT2D eigenvalue weighted by molar-refractivity contribution is 0.405. The molecule has 1 aromatic heterocycles. The van der Waals surface area contributed by atoms with Crippen molar-refractivity contribution in [2.24, 2.45) is 0 Å². The number of para-hydroxylation sites is 1. The van der Waals surface area contributed by atoms with E-state index in [0.29, 0.717) is 10.8 Å². The Balaban J connectivity index is 2.14. The summed E-state index contributed by atoms with van der Waals surface area (Å²) in [7, 11) is 3.51. The van der Waals surface area contributed by atoms with E-state index in [1.165, 1.54) is 0 Å². The van der Waals surface area contributed by atoms with Gasteiger partial charge < -0.3 is 10.1 Å². The number of thioether (sulfide) groups is 1. The number of rotatable bonds is 5. The zero-order valence-corrected chi connectivity index (χ0v) is 12.4. The van der Waals surface area contributed by atoms with Crippen LogP contribution in [0, 0.1) is 0 Å². The Labute approximate surface area is 122 Å². The lowest BCUT2D eigenvalue weighted by Gasteiger charge is -2.09. The highest BCUT2D eigenvalue weighted by atomic mass is 35.5. The van der Waals surface area contributed by atoms with Crippen LogP contribution in [-0.4, -0.2) is 19.1 Å². The molecule has 1 heterocycles. The predicted octanol–water partition coefficient (Wildman–Crippen LogP) is 4.08. The summed E-state index contributed by atoms with van der Waals surface area (Å²) in [6.07, 6.45) is 0. The van der Waals surface area contributed by atoms with E-state index in [4.69, 9.17) is 16.3 Å². The number of ether oxygens (including phenoxy) is 1. The molecular formula is C14H15ClN2OS. The molecule has 3 nitrogen and oxygen atoms in total. The minimum atomic E-state index is 0.682. The molecule has 0 bridgehead atoms. The molecule has 0 unspecified atom stereocenters. The Bertz CT molecular complexity index is 563. The molecule has 0 spiro atoms. The molecule has 1 N–H and O–H groups in total. The summed E-state index contributed by atoms with van der Waals surface area (Å²) in [6.45, 7) is 0. The fraction of sp³-hybridized carbons (Fsp3) is 0.214. The fourth-order valence-electron chi connectivity index (χ4n) is 1.61. The number of nitrogens with one attached hydrogen (secondary N) is 1. The number of hydrogen-bond acceptors (Lipinski definition) is 4. The van der Waals surface area contributed by atoms with Gasteiger partial charge >= 0.3 is 0 Å². The molecule has 0 amide bonds.